The fourth-order valence-electron chi connectivity index (χ4n) is 6.91. The zero-order valence-corrected chi connectivity index (χ0v) is 35.1. The van der Waals surface area contributed by atoms with Crippen LogP contribution >= 0.6 is 15.9 Å². The van der Waals surface area contributed by atoms with E-state index in [1.807, 2.05) is 12.1 Å². The summed E-state index contributed by atoms with van der Waals surface area (Å²) in [5, 5.41) is 28.8. The molecule has 1 aliphatic carbocycles. The number of rotatable bonds is 2. The highest BCUT2D eigenvalue weighted by molar-refractivity contribution is 9.10. The lowest BCUT2D eigenvalue weighted by molar-refractivity contribution is -0.114. The van der Waals surface area contributed by atoms with Crippen molar-refractivity contribution < 1.29 is 15.0 Å². The molecule has 0 atom stereocenters. The lowest BCUT2D eigenvalue weighted by atomic mass is 9.70. The van der Waals surface area contributed by atoms with E-state index >= 15 is 0 Å². The van der Waals surface area contributed by atoms with Gasteiger partial charge in [0.1, 0.15) is 5.60 Å². The van der Waals surface area contributed by atoms with Crippen molar-refractivity contribution in [2.45, 2.75) is 113 Å². The van der Waals surface area contributed by atoms with Crippen LogP contribution in [0.25, 0.3) is 27.1 Å². The Balaban J connectivity index is 2.05. The van der Waals surface area contributed by atoms with Crippen LogP contribution in [0, 0.1) is 22.7 Å². The van der Waals surface area contributed by atoms with Gasteiger partial charge in [0.15, 0.2) is 11.5 Å². The van der Waals surface area contributed by atoms with Crippen molar-refractivity contribution in [1.82, 2.24) is 0 Å². The van der Waals surface area contributed by atoms with Crippen molar-refractivity contribution in [3.05, 3.63) is 116 Å². The van der Waals surface area contributed by atoms with E-state index in [-0.39, 0.29) is 11.5 Å². The molecule has 0 aromatic heterocycles. The van der Waals surface area contributed by atoms with E-state index in [1.165, 1.54) is 0 Å². The molecule has 0 bridgehead atoms. The lowest BCUT2D eigenvalue weighted by Gasteiger charge is -2.32. The zero-order chi connectivity index (χ0) is 38.9. The van der Waals surface area contributed by atoms with Gasteiger partial charge in [-0.05, 0) is 126 Å². The molecule has 0 saturated carbocycles. The van der Waals surface area contributed by atoms with Crippen LogP contribution in [0.5, 0.6) is 5.75 Å². The van der Waals surface area contributed by atoms with Gasteiger partial charge in [-0.2, -0.15) is 0 Å². The summed E-state index contributed by atoms with van der Waals surface area (Å²) in [6.07, 6.45) is 4.14. The van der Waals surface area contributed by atoms with Gasteiger partial charge in [-0.15, -0.1) is 0 Å². The minimum absolute atomic E-state index is 0.0712. The second kappa shape index (κ2) is 13.2. The molecule has 0 amide bonds. The van der Waals surface area contributed by atoms with Crippen molar-refractivity contribution in [1.29, 1.82) is 0 Å². The third-order valence-electron chi connectivity index (χ3n) is 9.73. The molecule has 4 aromatic rings. The summed E-state index contributed by atoms with van der Waals surface area (Å²) >= 11 is 3.93. The Morgan fingerprint density at radius 1 is 0.615 bits per heavy atom. The average Bonchev–Trinajstić information content (AvgIpc) is 2.99. The smallest absolute Gasteiger partial charge is 0.186 e. The predicted molar refractivity (Wildman–Crippen MR) is 222 cm³/mol. The molecule has 0 spiro atoms. The fraction of sp³-hybridized carbons (Fsp3) is 0.396. The molecule has 1 aliphatic rings. The van der Waals surface area contributed by atoms with E-state index < -0.39 is 27.3 Å². The van der Waals surface area contributed by atoms with Gasteiger partial charge in [0.2, 0.25) is 0 Å². The molecule has 1 N–H and O–H groups in total. The maximum absolute atomic E-state index is 14.2. The van der Waals surface area contributed by atoms with Gasteiger partial charge < -0.3 is 5.11 Å². The molecular formula is C48H54BrO3. The van der Waals surface area contributed by atoms with Crippen LogP contribution in [0.2, 0.25) is 0 Å². The van der Waals surface area contributed by atoms with Crippen molar-refractivity contribution >= 4 is 48.8 Å². The van der Waals surface area contributed by atoms with E-state index in [1.54, 1.807) is 13.8 Å². The van der Waals surface area contributed by atoms with Crippen LogP contribution in [-0.2, 0) is 20.7 Å². The van der Waals surface area contributed by atoms with Crippen molar-refractivity contribution in [2.24, 2.45) is 10.8 Å². The lowest BCUT2D eigenvalue weighted by Crippen LogP contribution is -2.28. The summed E-state index contributed by atoms with van der Waals surface area (Å²) in [6.45, 7) is 28.5. The number of allylic oxidation sites excluding steroid dienone is 5. The monoisotopic (exact) mass is 757 g/mol. The predicted octanol–water partition coefficient (Wildman–Crippen LogP) is 12.9. The number of Topliss-reactive ketones (excluding diaryl/α,β-unsaturated/α-hetero) is 1. The number of ketones is 1. The van der Waals surface area contributed by atoms with E-state index in [2.05, 4.69) is 165 Å². The van der Waals surface area contributed by atoms with Crippen molar-refractivity contribution in [3.63, 3.8) is 0 Å². The van der Waals surface area contributed by atoms with Crippen molar-refractivity contribution in [2.75, 3.05) is 0 Å². The highest BCUT2D eigenvalue weighted by atomic mass is 79.9. The van der Waals surface area contributed by atoms with E-state index in [0.29, 0.717) is 0 Å². The largest absolute Gasteiger partial charge is 0.378 e. The van der Waals surface area contributed by atoms with Gasteiger partial charge in [0.25, 0.3) is 0 Å². The third-order valence-corrected chi connectivity index (χ3v) is 10.6. The Hall–Kier alpha value is -3.91. The molecular weight excluding hydrogens is 704 g/mol. The maximum Gasteiger partial charge on any atom is 0.186 e. The first kappa shape index (κ1) is 39.3. The number of benzene rings is 4. The maximum atomic E-state index is 14.2. The molecule has 0 fully saturated rings. The third kappa shape index (κ3) is 7.73. The molecule has 5 rings (SSSR count). The first-order valence-electron chi connectivity index (χ1n) is 18.2. The average molecular weight is 759 g/mol. The Kier molecular flexibility index (Phi) is 9.97. The van der Waals surface area contributed by atoms with Crippen LogP contribution < -0.4 is 0 Å². The molecule has 52 heavy (non-hydrogen) atoms. The van der Waals surface area contributed by atoms with Crippen molar-refractivity contribution in [3.8, 4) is 17.6 Å². The zero-order valence-electron chi connectivity index (χ0n) is 33.5. The molecule has 0 aliphatic heterocycles. The van der Waals surface area contributed by atoms with Gasteiger partial charge in [-0.25, -0.2) is 0 Å². The van der Waals surface area contributed by atoms with Crippen LogP contribution in [0.3, 0.4) is 0 Å². The summed E-state index contributed by atoms with van der Waals surface area (Å²) in [6, 6.07) is 18.8. The molecule has 1 radical (unpaired) electrons. The standard InChI is InChI=1S/C48H54BrO3/c1-44(2,3)36-24-29(25-37(42(36)50)45(4,5)6)40(30-26-38(46(7,8)9)43(51)39(27-30)47(10,11)12)28-19-20-34-35(23-28)32(21-22-48(13,14)52)31-17-15-16-18-33(31)41(34)49/h15-20,23-27,52H,1-14H3. The van der Waals surface area contributed by atoms with Gasteiger partial charge in [0.05, 0.1) is 0 Å². The van der Waals surface area contributed by atoms with Crippen LogP contribution in [0.15, 0.2) is 87.9 Å². The molecule has 0 saturated heterocycles. The summed E-state index contributed by atoms with van der Waals surface area (Å²) in [7, 11) is 0. The number of carbonyl (C=O) groups excluding carboxylic acids is 1. The minimum Gasteiger partial charge on any atom is -0.378 e. The molecule has 0 heterocycles. The molecule has 3 nitrogen and oxygen atoms in total. The summed E-state index contributed by atoms with van der Waals surface area (Å²) in [5.74, 6) is 6.58. The summed E-state index contributed by atoms with van der Waals surface area (Å²) in [4.78, 5) is 14.2. The summed E-state index contributed by atoms with van der Waals surface area (Å²) < 4.78 is 0.974. The van der Waals surface area contributed by atoms with Crippen LogP contribution in [0.1, 0.15) is 125 Å². The Morgan fingerprint density at radius 2 is 1.10 bits per heavy atom. The van der Waals surface area contributed by atoms with Gasteiger partial charge in [0, 0.05) is 32.3 Å². The van der Waals surface area contributed by atoms with Gasteiger partial charge >= 0.3 is 0 Å². The molecule has 271 valence electrons. The second-order valence-corrected chi connectivity index (χ2v) is 19.8. The van der Waals surface area contributed by atoms with E-state index in [0.717, 1.165) is 76.1 Å². The number of hydrogen-bond acceptors (Lipinski definition) is 2. The first-order valence-corrected chi connectivity index (χ1v) is 19.0. The molecule has 4 aromatic carbocycles. The van der Waals surface area contributed by atoms with Crippen LogP contribution in [0.4, 0.5) is 0 Å². The van der Waals surface area contributed by atoms with Gasteiger partial charge in [-0.1, -0.05) is 131 Å². The normalized spacial score (nSPS) is 14.7. The van der Waals surface area contributed by atoms with Crippen LogP contribution in [-0.4, -0.2) is 16.5 Å². The quantitative estimate of drug-likeness (QED) is 0.163. The highest BCUT2D eigenvalue weighted by Gasteiger charge is 2.36. The highest BCUT2D eigenvalue weighted by Crippen LogP contribution is 2.47. The Bertz CT molecular complexity index is 2210. The summed E-state index contributed by atoms with van der Waals surface area (Å²) in [5.41, 5.74) is 4.79. The van der Waals surface area contributed by atoms with E-state index in [4.69, 9.17) is 0 Å². The second-order valence-electron chi connectivity index (χ2n) is 19.0. The van der Waals surface area contributed by atoms with Gasteiger partial charge in [-0.3, -0.25) is 9.90 Å². The van der Waals surface area contributed by atoms with E-state index in [9.17, 15) is 15.0 Å². The number of hydrogen-bond donors (Lipinski definition) is 1. The molecule has 0 unspecified atom stereocenters. The Labute approximate surface area is 320 Å². The fourth-order valence-corrected chi connectivity index (χ4v) is 7.60. The number of aliphatic hydroxyl groups is 1. The molecule has 4 heteroatoms. The number of carbonyl (C=O) groups is 1. The number of fused-ring (bicyclic) bond motifs is 2. The SMILES string of the molecule is CC(C)(O)C#Cc1c2ccccc2c(Br)c2ccc(C(=C3C=C(C(C)(C)C)C(=O)C(C(C)(C)C)=C3)c3cc(C(C)(C)C)c([O])c(C(C)(C)C)c3)cc12. The first-order chi connectivity index (χ1) is 23.7. The minimum atomic E-state index is -1.19. The topological polar surface area (TPSA) is 57.2 Å². The Morgan fingerprint density at radius 3 is 1.56 bits per heavy atom. The number of halogens is 1.